The van der Waals surface area contributed by atoms with Crippen molar-refractivity contribution in [3.05, 3.63) is 0 Å². The van der Waals surface area contributed by atoms with E-state index in [0.29, 0.717) is 19.3 Å². The molecule has 5 nitrogen and oxygen atoms in total. The minimum Gasteiger partial charge on any atom is -0.481 e. The Balaban J connectivity index is 2.28. The first-order valence-electron chi connectivity index (χ1n) is 10.1. The van der Waals surface area contributed by atoms with Crippen molar-refractivity contribution in [3.63, 3.8) is 0 Å². The van der Waals surface area contributed by atoms with Crippen LogP contribution in [0.4, 0.5) is 0 Å². The Morgan fingerprint density at radius 1 is 1.19 bits per heavy atom. The van der Waals surface area contributed by atoms with Gasteiger partial charge < -0.3 is 15.3 Å². The third-order valence-electron chi connectivity index (χ3n) is 9.11. The van der Waals surface area contributed by atoms with E-state index in [4.69, 9.17) is 0 Å². The SMILES string of the molecule is CC[C@]1(C)C[C@@H](C(=O)O)[C@]2(C)C(C)CCC3(C[C@H](O)C(=O)C32)[C@@H](C)[C@@H]1O. The summed E-state index contributed by atoms with van der Waals surface area (Å²) < 4.78 is 0. The van der Waals surface area contributed by atoms with Gasteiger partial charge in [-0.1, -0.05) is 34.6 Å². The highest BCUT2D eigenvalue weighted by atomic mass is 16.4. The van der Waals surface area contributed by atoms with Crippen LogP contribution in [0.1, 0.15) is 66.7 Å². The van der Waals surface area contributed by atoms with E-state index in [1.165, 1.54) is 0 Å². The first kappa shape index (κ1) is 19.8. The number of hydrogen-bond acceptors (Lipinski definition) is 4. The highest BCUT2D eigenvalue weighted by Gasteiger charge is 2.70. The van der Waals surface area contributed by atoms with Gasteiger partial charge in [0.05, 0.1) is 12.0 Å². The van der Waals surface area contributed by atoms with Crippen LogP contribution in [0, 0.1) is 39.9 Å². The maximum atomic E-state index is 13.1. The maximum absolute atomic E-state index is 13.1. The number of aliphatic hydroxyl groups is 2. The number of carboxylic acid groups (broad SMARTS) is 1. The average molecular weight is 366 g/mol. The number of aliphatic carboxylic acids is 1. The molecule has 0 saturated heterocycles. The van der Waals surface area contributed by atoms with E-state index in [-0.39, 0.29) is 17.6 Å². The smallest absolute Gasteiger partial charge is 0.307 e. The van der Waals surface area contributed by atoms with Crippen LogP contribution < -0.4 is 0 Å². The summed E-state index contributed by atoms with van der Waals surface area (Å²) in [5.74, 6) is -2.36. The zero-order valence-corrected chi connectivity index (χ0v) is 16.7. The van der Waals surface area contributed by atoms with Gasteiger partial charge in [-0.2, -0.15) is 0 Å². The van der Waals surface area contributed by atoms with Crippen LogP contribution in [-0.4, -0.2) is 39.3 Å². The summed E-state index contributed by atoms with van der Waals surface area (Å²) in [6.07, 6.45) is 1.26. The van der Waals surface area contributed by atoms with Crippen LogP contribution in [0.15, 0.2) is 0 Å². The quantitative estimate of drug-likeness (QED) is 0.698. The van der Waals surface area contributed by atoms with Crippen molar-refractivity contribution in [1.82, 2.24) is 0 Å². The second-order valence-electron chi connectivity index (χ2n) is 9.93. The lowest BCUT2D eigenvalue weighted by Gasteiger charge is -2.61. The largest absolute Gasteiger partial charge is 0.481 e. The minimum absolute atomic E-state index is 0.0829. The van der Waals surface area contributed by atoms with E-state index >= 15 is 0 Å². The van der Waals surface area contributed by atoms with Crippen LogP contribution >= 0.6 is 0 Å². The zero-order valence-electron chi connectivity index (χ0n) is 16.7. The average Bonchev–Trinajstić information content (AvgIpc) is 2.86. The molecule has 0 amide bonds. The molecule has 0 aliphatic heterocycles. The number of Topliss-reactive ketones (excluding diaryl/α,β-unsaturated/α-hetero) is 1. The van der Waals surface area contributed by atoms with Crippen molar-refractivity contribution in [2.24, 2.45) is 39.9 Å². The number of carbonyl (C=O) groups is 2. The molecule has 3 unspecified atom stereocenters. The molecule has 3 N–H and O–H groups in total. The molecule has 0 aromatic heterocycles. The summed E-state index contributed by atoms with van der Waals surface area (Å²) in [5, 5.41) is 31.9. The topological polar surface area (TPSA) is 94.8 Å². The lowest BCUT2D eigenvalue weighted by molar-refractivity contribution is -0.192. The summed E-state index contributed by atoms with van der Waals surface area (Å²) in [4.78, 5) is 25.5. The molecule has 2 bridgehead atoms. The number of carbonyl (C=O) groups excluding carboxylic acids is 1. The Morgan fingerprint density at radius 3 is 2.35 bits per heavy atom. The Hall–Kier alpha value is -0.940. The Morgan fingerprint density at radius 2 is 1.81 bits per heavy atom. The molecule has 0 spiro atoms. The highest BCUT2D eigenvalue weighted by molar-refractivity contribution is 5.90. The number of rotatable bonds is 2. The van der Waals surface area contributed by atoms with Crippen LogP contribution in [0.2, 0.25) is 0 Å². The van der Waals surface area contributed by atoms with Crippen LogP contribution in [-0.2, 0) is 9.59 Å². The summed E-state index contributed by atoms with van der Waals surface area (Å²) in [5.41, 5.74) is -1.74. The third kappa shape index (κ3) is 2.29. The van der Waals surface area contributed by atoms with Crippen molar-refractivity contribution >= 4 is 11.8 Å². The molecule has 0 aromatic rings. The van der Waals surface area contributed by atoms with Gasteiger partial charge in [-0.25, -0.2) is 0 Å². The van der Waals surface area contributed by atoms with E-state index < -0.39 is 46.3 Å². The van der Waals surface area contributed by atoms with E-state index in [9.17, 15) is 24.9 Å². The van der Waals surface area contributed by atoms with Gasteiger partial charge in [0.2, 0.25) is 0 Å². The molecule has 0 heterocycles. The van der Waals surface area contributed by atoms with Gasteiger partial charge in [0.15, 0.2) is 5.78 Å². The van der Waals surface area contributed by atoms with Crippen LogP contribution in [0.3, 0.4) is 0 Å². The van der Waals surface area contributed by atoms with Crippen LogP contribution in [0.25, 0.3) is 0 Å². The molecule has 3 aliphatic rings. The Bertz CT molecular complexity index is 618. The second kappa shape index (κ2) is 6.03. The molecular weight excluding hydrogens is 332 g/mol. The fraction of sp³-hybridized carbons (Fsp3) is 0.905. The number of carboxylic acids is 1. The fourth-order valence-corrected chi connectivity index (χ4v) is 6.96. The first-order chi connectivity index (χ1) is 12.0. The van der Waals surface area contributed by atoms with Crippen LogP contribution in [0.5, 0.6) is 0 Å². The van der Waals surface area contributed by atoms with Gasteiger partial charge in [0, 0.05) is 5.92 Å². The standard InChI is InChI=1S/C21H34O5/c1-6-19(4)9-13(18(25)26)20(5)11(2)7-8-21(12(3)17(19)24)10-14(22)15(23)16(20)21/h11-14,16-17,22,24H,6-10H2,1-5H3,(H,25,26)/t11?,12-,13-,14-,16?,17-,19+,20-,21?/m0/s1. The fourth-order valence-electron chi connectivity index (χ4n) is 6.96. The van der Waals surface area contributed by atoms with Gasteiger partial charge in [-0.15, -0.1) is 0 Å². The monoisotopic (exact) mass is 366 g/mol. The van der Waals surface area contributed by atoms with Crippen molar-refractivity contribution < 1.29 is 24.9 Å². The summed E-state index contributed by atoms with van der Waals surface area (Å²) in [6, 6.07) is 0. The normalized spacial score (nSPS) is 54.3. The summed E-state index contributed by atoms with van der Waals surface area (Å²) >= 11 is 0. The van der Waals surface area contributed by atoms with Gasteiger partial charge in [-0.05, 0) is 60.2 Å². The van der Waals surface area contributed by atoms with Crippen molar-refractivity contribution in [3.8, 4) is 0 Å². The molecular formula is C21H34O5. The minimum atomic E-state index is -1.04. The van der Waals surface area contributed by atoms with E-state index in [1.807, 2.05) is 27.7 Å². The lowest BCUT2D eigenvalue weighted by atomic mass is 9.42. The molecule has 3 rings (SSSR count). The predicted molar refractivity (Wildman–Crippen MR) is 97.4 cm³/mol. The Labute approximate surface area is 156 Å². The molecule has 26 heavy (non-hydrogen) atoms. The molecule has 0 aromatic carbocycles. The number of aliphatic hydroxyl groups excluding tert-OH is 2. The Kier molecular flexibility index (Phi) is 4.60. The molecule has 9 atom stereocenters. The molecule has 5 heteroatoms. The lowest BCUT2D eigenvalue weighted by Crippen LogP contribution is -2.62. The summed E-state index contributed by atoms with van der Waals surface area (Å²) in [6.45, 7) is 10.0. The maximum Gasteiger partial charge on any atom is 0.307 e. The van der Waals surface area contributed by atoms with Crippen molar-refractivity contribution in [2.75, 3.05) is 0 Å². The highest BCUT2D eigenvalue weighted by Crippen LogP contribution is 2.69. The third-order valence-corrected chi connectivity index (χ3v) is 9.11. The van der Waals surface area contributed by atoms with Crippen molar-refractivity contribution in [1.29, 1.82) is 0 Å². The molecule has 3 saturated carbocycles. The molecule has 3 aliphatic carbocycles. The van der Waals surface area contributed by atoms with Gasteiger partial charge in [-0.3, -0.25) is 9.59 Å². The number of ketones is 1. The van der Waals surface area contributed by atoms with Crippen molar-refractivity contribution in [2.45, 2.75) is 78.9 Å². The zero-order chi connectivity index (χ0) is 19.7. The van der Waals surface area contributed by atoms with Gasteiger partial charge in [0.1, 0.15) is 6.10 Å². The summed E-state index contributed by atoms with van der Waals surface area (Å²) in [7, 11) is 0. The number of hydrogen-bond donors (Lipinski definition) is 3. The second-order valence-corrected chi connectivity index (χ2v) is 9.93. The van der Waals surface area contributed by atoms with Gasteiger partial charge in [0.25, 0.3) is 0 Å². The van der Waals surface area contributed by atoms with Gasteiger partial charge >= 0.3 is 5.97 Å². The molecule has 148 valence electrons. The predicted octanol–water partition coefficient (Wildman–Crippen LogP) is 2.88. The molecule has 0 radical (unpaired) electrons. The molecule has 3 fully saturated rings. The van der Waals surface area contributed by atoms with E-state index in [2.05, 4.69) is 6.92 Å². The van der Waals surface area contributed by atoms with E-state index in [0.717, 1.165) is 12.8 Å². The first-order valence-corrected chi connectivity index (χ1v) is 10.1. The van der Waals surface area contributed by atoms with E-state index in [1.54, 1.807) is 0 Å².